The maximum absolute atomic E-state index is 13.6. The predicted octanol–water partition coefficient (Wildman–Crippen LogP) is 3.54. The molecule has 104 valence electrons. The van der Waals surface area contributed by atoms with Gasteiger partial charge in [-0.25, -0.2) is 9.37 Å². The van der Waals surface area contributed by atoms with E-state index in [1.54, 1.807) is 19.1 Å². The quantitative estimate of drug-likeness (QED) is 0.684. The molecule has 1 N–H and O–H groups in total. The Morgan fingerprint density at radius 3 is 2.70 bits per heavy atom. The second-order valence-electron chi connectivity index (χ2n) is 4.35. The van der Waals surface area contributed by atoms with Crippen LogP contribution in [0.2, 0.25) is 0 Å². The van der Waals surface area contributed by atoms with Crippen LogP contribution in [0.1, 0.15) is 12.5 Å². The predicted molar refractivity (Wildman–Crippen MR) is 75.2 cm³/mol. The minimum absolute atomic E-state index is 0.0769. The van der Waals surface area contributed by atoms with E-state index in [1.165, 1.54) is 18.2 Å². The fraction of sp³-hybridized carbons (Fsp3) is 0.214. The van der Waals surface area contributed by atoms with Gasteiger partial charge in [0.05, 0.1) is 16.7 Å². The zero-order chi connectivity index (χ0) is 14.7. The molecule has 2 rings (SSSR count). The molecule has 0 unspecified atom stereocenters. The summed E-state index contributed by atoms with van der Waals surface area (Å²) in [6.07, 6.45) is 0. The summed E-state index contributed by atoms with van der Waals surface area (Å²) in [6, 6.07) is 7.35. The fourth-order valence-electron chi connectivity index (χ4n) is 1.79. The highest BCUT2D eigenvalue weighted by Gasteiger charge is 2.13. The smallest absolute Gasteiger partial charge is 0.275 e. The van der Waals surface area contributed by atoms with Crippen LogP contribution >= 0.6 is 0 Å². The SMILES string of the molecule is CCNc1cc([N+](=O)[O-])cc(-c2ccc(C)c(F)c2)n1. The zero-order valence-electron chi connectivity index (χ0n) is 11.2. The number of aromatic nitrogens is 1. The van der Waals surface area contributed by atoms with Crippen LogP contribution in [0.15, 0.2) is 30.3 Å². The number of hydrogen-bond donors (Lipinski definition) is 1. The number of anilines is 1. The van der Waals surface area contributed by atoms with Crippen LogP contribution in [0.25, 0.3) is 11.3 Å². The number of nitrogens with zero attached hydrogens (tertiary/aromatic N) is 2. The van der Waals surface area contributed by atoms with E-state index < -0.39 is 4.92 Å². The van der Waals surface area contributed by atoms with Crippen LogP contribution in [0.3, 0.4) is 0 Å². The van der Waals surface area contributed by atoms with Crippen molar-refractivity contribution in [1.82, 2.24) is 4.98 Å². The van der Waals surface area contributed by atoms with Gasteiger partial charge in [-0.1, -0.05) is 12.1 Å². The van der Waals surface area contributed by atoms with Crippen LogP contribution in [0, 0.1) is 22.9 Å². The number of nitro groups is 1. The Morgan fingerprint density at radius 1 is 1.35 bits per heavy atom. The highest BCUT2D eigenvalue weighted by atomic mass is 19.1. The molecular weight excluding hydrogens is 261 g/mol. The van der Waals surface area contributed by atoms with Crippen LogP contribution in [0.4, 0.5) is 15.9 Å². The normalized spacial score (nSPS) is 10.3. The molecular formula is C14H14FN3O2. The maximum atomic E-state index is 13.6. The first-order valence-electron chi connectivity index (χ1n) is 6.18. The lowest BCUT2D eigenvalue weighted by molar-refractivity contribution is -0.384. The molecule has 5 nitrogen and oxygen atoms in total. The molecule has 0 aliphatic heterocycles. The second kappa shape index (κ2) is 5.64. The van der Waals surface area contributed by atoms with Crippen molar-refractivity contribution < 1.29 is 9.31 Å². The van der Waals surface area contributed by atoms with Crippen molar-refractivity contribution in [2.45, 2.75) is 13.8 Å². The van der Waals surface area contributed by atoms with Gasteiger partial charge < -0.3 is 5.32 Å². The van der Waals surface area contributed by atoms with Gasteiger partial charge in [-0.05, 0) is 25.5 Å². The molecule has 0 aliphatic rings. The number of aryl methyl sites for hydroxylation is 1. The summed E-state index contributed by atoms with van der Waals surface area (Å²) in [7, 11) is 0. The Labute approximate surface area is 115 Å². The highest BCUT2D eigenvalue weighted by Crippen LogP contribution is 2.26. The summed E-state index contributed by atoms with van der Waals surface area (Å²) >= 11 is 0. The van der Waals surface area contributed by atoms with Gasteiger partial charge in [0.15, 0.2) is 0 Å². The van der Waals surface area contributed by atoms with Gasteiger partial charge in [-0.2, -0.15) is 0 Å². The first-order valence-corrected chi connectivity index (χ1v) is 6.18. The number of rotatable bonds is 4. The summed E-state index contributed by atoms with van der Waals surface area (Å²) in [5.74, 6) is 0.0403. The van der Waals surface area contributed by atoms with E-state index in [0.717, 1.165) is 0 Å². The maximum Gasteiger partial charge on any atom is 0.275 e. The van der Waals surface area contributed by atoms with Gasteiger partial charge in [0.2, 0.25) is 0 Å². The lowest BCUT2D eigenvalue weighted by atomic mass is 10.1. The van der Waals surface area contributed by atoms with Crippen molar-refractivity contribution in [3.05, 3.63) is 51.8 Å². The third-order valence-corrected chi connectivity index (χ3v) is 2.85. The Kier molecular flexibility index (Phi) is 3.93. The second-order valence-corrected chi connectivity index (χ2v) is 4.35. The van der Waals surface area contributed by atoms with Crippen molar-refractivity contribution in [2.75, 3.05) is 11.9 Å². The molecule has 0 fully saturated rings. The fourth-order valence-corrected chi connectivity index (χ4v) is 1.79. The van der Waals surface area contributed by atoms with Crippen LogP contribution in [-0.2, 0) is 0 Å². The van der Waals surface area contributed by atoms with E-state index in [9.17, 15) is 14.5 Å². The molecule has 0 saturated carbocycles. The molecule has 0 saturated heterocycles. The summed E-state index contributed by atoms with van der Waals surface area (Å²) in [5, 5.41) is 13.9. The summed E-state index contributed by atoms with van der Waals surface area (Å²) in [5.41, 5.74) is 1.32. The Bertz CT molecular complexity index is 659. The number of halogens is 1. The van der Waals surface area contributed by atoms with Crippen molar-refractivity contribution in [3.8, 4) is 11.3 Å². The average molecular weight is 275 g/mol. The molecule has 1 aromatic heterocycles. The minimum Gasteiger partial charge on any atom is -0.370 e. The molecule has 20 heavy (non-hydrogen) atoms. The molecule has 0 radical (unpaired) electrons. The van der Waals surface area contributed by atoms with Crippen LogP contribution < -0.4 is 5.32 Å². The topological polar surface area (TPSA) is 68.1 Å². The number of nitrogens with one attached hydrogen (secondary N) is 1. The van der Waals surface area contributed by atoms with Gasteiger partial charge >= 0.3 is 0 Å². The summed E-state index contributed by atoms with van der Waals surface area (Å²) in [6.45, 7) is 4.12. The Balaban J connectivity index is 2.53. The lowest BCUT2D eigenvalue weighted by Gasteiger charge is -2.07. The summed E-state index contributed by atoms with van der Waals surface area (Å²) < 4.78 is 13.6. The first kappa shape index (κ1) is 13.9. The largest absolute Gasteiger partial charge is 0.370 e. The van der Waals surface area contributed by atoms with E-state index in [-0.39, 0.29) is 11.5 Å². The van der Waals surface area contributed by atoms with E-state index >= 15 is 0 Å². The van der Waals surface area contributed by atoms with Crippen LogP contribution in [-0.4, -0.2) is 16.5 Å². The van der Waals surface area contributed by atoms with Crippen molar-refractivity contribution >= 4 is 11.5 Å². The van der Waals surface area contributed by atoms with Crippen molar-refractivity contribution in [1.29, 1.82) is 0 Å². The lowest BCUT2D eigenvalue weighted by Crippen LogP contribution is -2.02. The Morgan fingerprint density at radius 2 is 2.10 bits per heavy atom. The van der Waals surface area contributed by atoms with E-state index in [0.29, 0.717) is 29.2 Å². The molecule has 0 amide bonds. The van der Waals surface area contributed by atoms with E-state index in [4.69, 9.17) is 0 Å². The third-order valence-electron chi connectivity index (χ3n) is 2.85. The third kappa shape index (κ3) is 2.90. The van der Waals surface area contributed by atoms with Gasteiger partial charge in [0.25, 0.3) is 5.69 Å². The van der Waals surface area contributed by atoms with E-state index in [2.05, 4.69) is 10.3 Å². The van der Waals surface area contributed by atoms with Gasteiger partial charge in [-0.3, -0.25) is 10.1 Å². The molecule has 6 heteroatoms. The van der Waals surface area contributed by atoms with E-state index in [1.807, 2.05) is 6.92 Å². The monoisotopic (exact) mass is 275 g/mol. The van der Waals surface area contributed by atoms with Crippen molar-refractivity contribution in [3.63, 3.8) is 0 Å². The average Bonchev–Trinajstić information content (AvgIpc) is 2.42. The zero-order valence-corrected chi connectivity index (χ0v) is 11.2. The summed E-state index contributed by atoms with van der Waals surface area (Å²) in [4.78, 5) is 14.7. The molecule has 1 heterocycles. The number of benzene rings is 1. The van der Waals surface area contributed by atoms with Crippen LogP contribution in [0.5, 0.6) is 0 Å². The molecule has 1 aromatic carbocycles. The van der Waals surface area contributed by atoms with Gasteiger partial charge in [0.1, 0.15) is 11.6 Å². The van der Waals surface area contributed by atoms with Crippen molar-refractivity contribution in [2.24, 2.45) is 0 Å². The molecule has 0 spiro atoms. The molecule has 2 aromatic rings. The van der Waals surface area contributed by atoms with Gasteiger partial charge in [0, 0.05) is 18.2 Å². The van der Waals surface area contributed by atoms with Gasteiger partial charge in [-0.15, -0.1) is 0 Å². The standard InChI is InChI=1S/C14H14FN3O2/c1-3-16-14-8-11(18(19)20)7-13(17-14)10-5-4-9(2)12(15)6-10/h4-8H,3H2,1-2H3,(H,16,17). The molecule has 0 bridgehead atoms. The minimum atomic E-state index is -0.490. The highest BCUT2D eigenvalue weighted by molar-refractivity contribution is 5.65. The number of hydrogen-bond acceptors (Lipinski definition) is 4. The molecule has 0 atom stereocenters. The number of pyridine rings is 1. The Hall–Kier alpha value is -2.50. The first-order chi connectivity index (χ1) is 9.51. The molecule has 0 aliphatic carbocycles.